The molecule has 0 bridgehead atoms. The SMILES string of the molecule is CCCCC/C=C\C/C=C\CCCCCCCCCCCC(=O)OCC(COC1OC(C(=O)O)C(O)C(O)C1OC(=O)CCCCCCCCCCC/C=C\C/C=C\CCCCC)OC(=O)CCCCCCCCCCCCC. The fraction of sp³-hybridized carbons (Fsp3) is 0.821. The summed E-state index contributed by atoms with van der Waals surface area (Å²) in [5.74, 6) is -3.10. The van der Waals surface area contributed by atoms with E-state index in [1.54, 1.807) is 0 Å². The highest BCUT2D eigenvalue weighted by Gasteiger charge is 2.50. The Labute approximate surface area is 482 Å². The number of rotatable bonds is 56. The van der Waals surface area contributed by atoms with E-state index in [0.29, 0.717) is 19.3 Å². The van der Waals surface area contributed by atoms with Gasteiger partial charge >= 0.3 is 23.9 Å². The molecule has 0 amide bonds. The maximum atomic E-state index is 13.1. The highest BCUT2D eigenvalue weighted by atomic mass is 16.7. The molecule has 1 rings (SSSR count). The molecule has 6 atom stereocenters. The number of aliphatic hydroxyl groups excluding tert-OH is 2. The number of aliphatic hydroxyl groups is 2. The lowest BCUT2D eigenvalue weighted by Gasteiger charge is -2.40. The van der Waals surface area contributed by atoms with Crippen molar-refractivity contribution in [3.8, 4) is 0 Å². The third-order valence-corrected chi connectivity index (χ3v) is 14.9. The van der Waals surface area contributed by atoms with E-state index in [4.69, 9.17) is 23.7 Å². The first-order valence-electron chi connectivity index (χ1n) is 32.6. The summed E-state index contributed by atoms with van der Waals surface area (Å²) >= 11 is 0. The molecule has 0 spiro atoms. The number of unbranched alkanes of at least 4 members (excludes halogenated alkanes) is 34. The summed E-state index contributed by atoms with van der Waals surface area (Å²) in [7, 11) is 0. The van der Waals surface area contributed by atoms with Gasteiger partial charge in [0.05, 0.1) is 6.61 Å². The monoisotopic (exact) mass is 1110 g/mol. The van der Waals surface area contributed by atoms with Crippen molar-refractivity contribution < 1.29 is 58.2 Å². The fourth-order valence-electron chi connectivity index (χ4n) is 9.84. The highest BCUT2D eigenvalue weighted by molar-refractivity contribution is 5.74. The van der Waals surface area contributed by atoms with Crippen molar-refractivity contribution in [2.45, 2.75) is 340 Å². The minimum absolute atomic E-state index is 0.0576. The zero-order valence-electron chi connectivity index (χ0n) is 50.6. The molecule has 0 aromatic heterocycles. The average molecular weight is 1120 g/mol. The molecule has 0 aromatic carbocycles. The number of hydrogen-bond donors (Lipinski definition) is 3. The van der Waals surface area contributed by atoms with Crippen molar-refractivity contribution in [1.29, 1.82) is 0 Å². The van der Waals surface area contributed by atoms with E-state index in [2.05, 4.69) is 69.4 Å². The number of aliphatic carboxylic acids is 1. The second kappa shape index (κ2) is 55.2. The molecule has 1 fully saturated rings. The van der Waals surface area contributed by atoms with Crippen LogP contribution in [0, 0.1) is 0 Å². The van der Waals surface area contributed by atoms with Crippen LogP contribution < -0.4 is 0 Å². The smallest absolute Gasteiger partial charge is 0.335 e. The van der Waals surface area contributed by atoms with Crippen LogP contribution in [0.4, 0.5) is 0 Å². The largest absolute Gasteiger partial charge is 0.479 e. The van der Waals surface area contributed by atoms with Gasteiger partial charge in [-0.15, -0.1) is 0 Å². The first kappa shape index (κ1) is 73.7. The van der Waals surface area contributed by atoms with Gasteiger partial charge in [-0.3, -0.25) is 14.4 Å². The van der Waals surface area contributed by atoms with E-state index < -0.39 is 67.3 Å². The fourth-order valence-corrected chi connectivity index (χ4v) is 9.84. The Hall–Kier alpha value is -3.32. The lowest BCUT2D eigenvalue weighted by Crippen LogP contribution is -2.61. The maximum Gasteiger partial charge on any atom is 0.335 e. The summed E-state index contributed by atoms with van der Waals surface area (Å²) in [5.41, 5.74) is 0. The molecule has 458 valence electrons. The van der Waals surface area contributed by atoms with Crippen LogP contribution in [0.2, 0.25) is 0 Å². The summed E-state index contributed by atoms with van der Waals surface area (Å²) in [6, 6.07) is 0. The Bertz CT molecular complexity index is 1560. The van der Waals surface area contributed by atoms with Crippen molar-refractivity contribution in [3.63, 3.8) is 0 Å². The summed E-state index contributed by atoms with van der Waals surface area (Å²) in [6.07, 6.45) is 55.0. The first-order chi connectivity index (χ1) is 38.6. The zero-order valence-corrected chi connectivity index (χ0v) is 50.6. The van der Waals surface area contributed by atoms with Crippen molar-refractivity contribution in [3.05, 3.63) is 48.6 Å². The van der Waals surface area contributed by atoms with Crippen LogP contribution >= 0.6 is 0 Å². The van der Waals surface area contributed by atoms with E-state index in [-0.39, 0.29) is 25.9 Å². The Kier molecular flexibility index (Phi) is 51.5. The molecule has 12 nitrogen and oxygen atoms in total. The molecule has 1 aliphatic heterocycles. The number of hydrogen-bond acceptors (Lipinski definition) is 11. The van der Waals surface area contributed by atoms with Crippen molar-refractivity contribution >= 4 is 23.9 Å². The number of carbonyl (C=O) groups excluding carboxylic acids is 3. The molecular formula is C67H118O12. The van der Waals surface area contributed by atoms with Crippen LogP contribution in [0.15, 0.2) is 48.6 Å². The van der Waals surface area contributed by atoms with E-state index in [1.807, 2.05) is 0 Å². The third-order valence-electron chi connectivity index (χ3n) is 14.9. The predicted molar refractivity (Wildman–Crippen MR) is 322 cm³/mol. The number of esters is 3. The minimum atomic E-state index is -1.90. The second-order valence-corrected chi connectivity index (χ2v) is 22.4. The van der Waals surface area contributed by atoms with Crippen LogP contribution in [0.3, 0.4) is 0 Å². The Morgan fingerprint density at radius 2 is 0.759 bits per heavy atom. The van der Waals surface area contributed by atoms with Crippen molar-refractivity contribution in [1.82, 2.24) is 0 Å². The molecule has 3 N–H and O–H groups in total. The summed E-state index contributed by atoms with van der Waals surface area (Å²) in [6.45, 7) is 5.97. The van der Waals surface area contributed by atoms with E-state index in [9.17, 15) is 34.5 Å². The molecule has 0 saturated carbocycles. The molecular weight excluding hydrogens is 997 g/mol. The van der Waals surface area contributed by atoms with Crippen molar-refractivity contribution in [2.24, 2.45) is 0 Å². The van der Waals surface area contributed by atoms with Crippen LogP contribution in [0.1, 0.15) is 303 Å². The van der Waals surface area contributed by atoms with Gasteiger partial charge in [0.2, 0.25) is 0 Å². The van der Waals surface area contributed by atoms with Gasteiger partial charge in [0.25, 0.3) is 0 Å². The number of allylic oxidation sites excluding steroid dienone is 8. The van der Waals surface area contributed by atoms with E-state index in [0.717, 1.165) is 89.9 Å². The number of carboxylic acid groups (broad SMARTS) is 1. The van der Waals surface area contributed by atoms with Gasteiger partial charge < -0.3 is 39.0 Å². The van der Waals surface area contributed by atoms with Crippen LogP contribution in [-0.2, 0) is 42.9 Å². The van der Waals surface area contributed by atoms with Crippen LogP contribution in [0.5, 0.6) is 0 Å². The Balaban J connectivity index is 2.61. The molecule has 0 radical (unpaired) electrons. The molecule has 0 aliphatic carbocycles. The predicted octanol–water partition coefficient (Wildman–Crippen LogP) is 17.3. The van der Waals surface area contributed by atoms with Gasteiger partial charge in [0.15, 0.2) is 24.6 Å². The average Bonchev–Trinajstić information content (AvgIpc) is 3.48. The minimum Gasteiger partial charge on any atom is -0.479 e. The second-order valence-electron chi connectivity index (χ2n) is 22.4. The normalized spacial score (nSPS) is 18.1. The Morgan fingerprint density at radius 1 is 0.418 bits per heavy atom. The van der Waals surface area contributed by atoms with Crippen LogP contribution in [0.25, 0.3) is 0 Å². The molecule has 1 heterocycles. The number of carboxylic acids is 1. The van der Waals surface area contributed by atoms with E-state index in [1.165, 1.54) is 154 Å². The first-order valence-corrected chi connectivity index (χ1v) is 32.6. The quantitative estimate of drug-likeness (QED) is 0.0228. The molecule has 6 unspecified atom stereocenters. The van der Waals surface area contributed by atoms with Gasteiger partial charge in [-0.1, -0.05) is 249 Å². The van der Waals surface area contributed by atoms with Crippen LogP contribution in [-0.4, -0.2) is 89.2 Å². The zero-order chi connectivity index (χ0) is 57.5. The van der Waals surface area contributed by atoms with Gasteiger partial charge in [0, 0.05) is 19.3 Å². The van der Waals surface area contributed by atoms with Crippen molar-refractivity contribution in [2.75, 3.05) is 13.2 Å². The third kappa shape index (κ3) is 45.0. The number of carbonyl (C=O) groups is 4. The highest BCUT2D eigenvalue weighted by Crippen LogP contribution is 2.27. The summed E-state index contributed by atoms with van der Waals surface area (Å²) < 4.78 is 28.5. The number of ether oxygens (including phenoxy) is 5. The summed E-state index contributed by atoms with van der Waals surface area (Å²) in [5, 5.41) is 31.6. The summed E-state index contributed by atoms with van der Waals surface area (Å²) in [4.78, 5) is 51.3. The maximum absolute atomic E-state index is 13.1. The molecule has 79 heavy (non-hydrogen) atoms. The molecule has 0 aromatic rings. The van der Waals surface area contributed by atoms with Gasteiger partial charge in [-0.05, 0) is 83.5 Å². The molecule has 1 aliphatic rings. The topological polar surface area (TPSA) is 175 Å². The standard InChI is InChI=1S/C67H118O12/c1-4-7-10-13-16-19-22-24-26-28-30-32-34-36-39-41-44-47-50-53-59(68)75-56-58(77-60(69)54-51-48-45-42-38-21-18-15-12-9-6-3)57-76-67-65(63(72)62(71)64(79-67)66(73)74)78-61(70)55-52-49-46-43-40-37-35-33-31-29-27-25-23-20-17-14-11-8-5-2/h16-17,19-20,24-27,58,62-65,67,71-72H,4-15,18,21-23,28-57H2,1-3H3,(H,73,74)/b19-16-,20-17-,26-24-,27-25-. The molecule has 1 saturated heterocycles. The van der Waals surface area contributed by atoms with Gasteiger partial charge in [-0.25, -0.2) is 4.79 Å². The lowest BCUT2D eigenvalue weighted by atomic mass is 9.98. The Morgan fingerprint density at radius 3 is 1.16 bits per heavy atom. The van der Waals surface area contributed by atoms with Gasteiger partial charge in [-0.2, -0.15) is 0 Å². The molecule has 12 heteroatoms. The van der Waals surface area contributed by atoms with E-state index >= 15 is 0 Å². The van der Waals surface area contributed by atoms with Gasteiger partial charge in [0.1, 0.15) is 18.8 Å². The lowest BCUT2D eigenvalue weighted by molar-refractivity contribution is -0.301.